The number of halogens is 3. The molecule has 0 N–H and O–H groups in total. The molecule has 0 amide bonds. The van der Waals surface area contributed by atoms with Gasteiger partial charge in [-0.05, 0) is 12.8 Å². The van der Waals surface area contributed by atoms with Crippen LogP contribution in [0.25, 0.3) is 0 Å². The third-order valence-corrected chi connectivity index (χ3v) is 4.22. The average Bonchev–Trinajstić information content (AvgIpc) is 2.52. The van der Waals surface area contributed by atoms with E-state index in [1.54, 1.807) is 12.3 Å². The smallest absolute Gasteiger partial charge is 0.416 e. The molecule has 22 heavy (non-hydrogen) atoms. The largest absolute Gasteiger partial charge is 0.491 e. The van der Waals surface area contributed by atoms with E-state index < -0.39 is 11.7 Å². The number of rotatable bonds is 5. The average molecular weight is 331 g/mol. The van der Waals surface area contributed by atoms with E-state index in [4.69, 9.17) is 9.47 Å². The van der Waals surface area contributed by atoms with Crippen molar-refractivity contribution in [2.24, 2.45) is 0 Å². The lowest BCUT2D eigenvalue weighted by molar-refractivity contribution is -0.0887. The second-order valence-corrected chi connectivity index (χ2v) is 5.72. The normalized spacial score (nSPS) is 15.1. The zero-order valence-corrected chi connectivity index (χ0v) is 13.1. The molecule has 2 rings (SSSR count). The molecule has 0 saturated heterocycles. The Kier molecular flexibility index (Phi) is 5.39. The van der Waals surface area contributed by atoms with Gasteiger partial charge in [-0.3, -0.25) is 0 Å². The molecule has 0 fully saturated rings. The van der Waals surface area contributed by atoms with Crippen LogP contribution in [0.15, 0.2) is 40.5 Å². The lowest BCUT2D eigenvalue weighted by Crippen LogP contribution is -2.13. The van der Waals surface area contributed by atoms with E-state index in [0.29, 0.717) is 30.2 Å². The molecule has 3 nitrogen and oxygen atoms in total. The first-order valence-corrected chi connectivity index (χ1v) is 7.60. The number of nitrogens with zero attached hydrogens (tertiary/aromatic N) is 1. The Bertz CT molecular complexity index is 597. The van der Waals surface area contributed by atoms with Crippen LogP contribution in [0.2, 0.25) is 0 Å². The fraction of sp³-hybridized carbons (Fsp3) is 0.400. The van der Waals surface area contributed by atoms with E-state index in [2.05, 4.69) is 4.98 Å². The minimum atomic E-state index is -4.28. The van der Waals surface area contributed by atoms with Crippen molar-refractivity contribution >= 4 is 11.8 Å². The number of hydrogen-bond acceptors (Lipinski definition) is 4. The minimum absolute atomic E-state index is 0.381. The van der Waals surface area contributed by atoms with Crippen LogP contribution >= 0.6 is 11.8 Å². The molecule has 0 radical (unpaired) electrons. The maximum absolute atomic E-state index is 12.7. The van der Waals surface area contributed by atoms with Gasteiger partial charge in [0.2, 0.25) is 0 Å². The molecular weight excluding hydrogens is 315 g/mol. The van der Waals surface area contributed by atoms with Gasteiger partial charge in [-0.15, -0.1) is 11.8 Å². The number of allylic oxidation sites excluding steroid dienone is 3. The van der Waals surface area contributed by atoms with Gasteiger partial charge in [0.05, 0.1) is 19.8 Å². The quantitative estimate of drug-likeness (QED) is 0.749. The summed E-state index contributed by atoms with van der Waals surface area (Å²) >= 11 is 1.43. The minimum Gasteiger partial charge on any atom is -0.491 e. The molecule has 0 bridgehead atoms. The Labute approximate surface area is 131 Å². The van der Waals surface area contributed by atoms with Crippen molar-refractivity contribution in [3.8, 4) is 11.6 Å². The van der Waals surface area contributed by atoms with E-state index >= 15 is 0 Å². The van der Waals surface area contributed by atoms with Crippen molar-refractivity contribution in [1.82, 2.24) is 4.98 Å². The third kappa shape index (κ3) is 4.19. The predicted molar refractivity (Wildman–Crippen MR) is 79.5 cm³/mol. The molecule has 1 aromatic heterocycles. The van der Waals surface area contributed by atoms with Gasteiger partial charge in [0.15, 0.2) is 5.75 Å². The highest BCUT2D eigenvalue weighted by Gasteiger charge is 2.32. The van der Waals surface area contributed by atoms with Crippen molar-refractivity contribution in [2.75, 3.05) is 20.0 Å². The van der Waals surface area contributed by atoms with E-state index in [-0.39, 0.29) is 0 Å². The molecule has 1 aromatic rings. The van der Waals surface area contributed by atoms with Gasteiger partial charge >= 0.3 is 6.18 Å². The van der Waals surface area contributed by atoms with E-state index in [1.165, 1.54) is 38.1 Å². The number of ether oxygens (including phenoxy) is 2. The van der Waals surface area contributed by atoms with Crippen molar-refractivity contribution in [3.63, 3.8) is 0 Å². The standard InChI is InChI=1S/C15H16F3NO2S/c1-20-13-7-12(8-19-14(13)21-2)22-9-10-4-3-5-11(6-10)15(16,17)18/h5-8H,3-4,9H2,1-2H3. The van der Waals surface area contributed by atoms with Gasteiger partial charge in [-0.25, -0.2) is 4.98 Å². The molecule has 1 heterocycles. The van der Waals surface area contributed by atoms with Crippen molar-refractivity contribution in [1.29, 1.82) is 0 Å². The number of pyridine rings is 1. The summed E-state index contributed by atoms with van der Waals surface area (Å²) in [5.41, 5.74) is 0.217. The molecule has 120 valence electrons. The van der Waals surface area contributed by atoms with Crippen molar-refractivity contribution in [2.45, 2.75) is 23.9 Å². The van der Waals surface area contributed by atoms with Crippen LogP contribution in [0, 0.1) is 0 Å². The molecular formula is C15H16F3NO2S. The lowest BCUT2D eigenvalue weighted by Gasteiger charge is -2.16. The summed E-state index contributed by atoms with van der Waals surface area (Å²) in [6, 6.07) is 1.76. The van der Waals surface area contributed by atoms with Crippen molar-refractivity contribution in [3.05, 3.63) is 35.6 Å². The second kappa shape index (κ2) is 7.09. The van der Waals surface area contributed by atoms with Crippen LogP contribution in [-0.2, 0) is 0 Å². The Morgan fingerprint density at radius 1 is 1.27 bits per heavy atom. The van der Waals surface area contributed by atoms with Gasteiger partial charge in [-0.1, -0.05) is 17.7 Å². The van der Waals surface area contributed by atoms with Crippen LogP contribution < -0.4 is 9.47 Å². The lowest BCUT2D eigenvalue weighted by atomic mass is 10.0. The molecule has 0 aliphatic heterocycles. The molecule has 0 aromatic carbocycles. The van der Waals surface area contributed by atoms with Gasteiger partial charge in [0.25, 0.3) is 5.88 Å². The van der Waals surface area contributed by atoms with Crippen LogP contribution in [-0.4, -0.2) is 31.1 Å². The number of methoxy groups -OCH3 is 2. The summed E-state index contributed by atoms with van der Waals surface area (Å²) in [6.45, 7) is 0. The number of hydrogen-bond donors (Lipinski definition) is 0. The summed E-state index contributed by atoms with van der Waals surface area (Å²) in [7, 11) is 3.01. The van der Waals surface area contributed by atoms with Gasteiger partial charge in [-0.2, -0.15) is 13.2 Å². The molecule has 0 unspecified atom stereocenters. The maximum atomic E-state index is 12.7. The molecule has 7 heteroatoms. The highest BCUT2D eigenvalue weighted by atomic mass is 32.2. The molecule has 0 spiro atoms. The van der Waals surface area contributed by atoms with Crippen LogP contribution in [0.5, 0.6) is 11.6 Å². The van der Waals surface area contributed by atoms with Gasteiger partial charge in [0, 0.05) is 22.9 Å². The van der Waals surface area contributed by atoms with Crippen LogP contribution in [0.1, 0.15) is 12.8 Å². The fourth-order valence-electron chi connectivity index (χ4n) is 2.04. The van der Waals surface area contributed by atoms with E-state index in [1.807, 2.05) is 0 Å². The predicted octanol–water partition coefficient (Wildman–Crippen LogP) is 4.40. The second-order valence-electron chi connectivity index (χ2n) is 4.67. The maximum Gasteiger partial charge on any atom is 0.416 e. The molecule has 0 atom stereocenters. The van der Waals surface area contributed by atoms with Gasteiger partial charge in [0.1, 0.15) is 0 Å². The Morgan fingerprint density at radius 3 is 2.68 bits per heavy atom. The molecule has 0 saturated carbocycles. The summed E-state index contributed by atoms with van der Waals surface area (Å²) < 4.78 is 48.3. The summed E-state index contributed by atoms with van der Waals surface area (Å²) in [5.74, 6) is 1.37. The highest BCUT2D eigenvalue weighted by molar-refractivity contribution is 7.99. The fourth-order valence-corrected chi connectivity index (χ4v) is 2.94. The first-order chi connectivity index (χ1) is 10.4. The van der Waals surface area contributed by atoms with Crippen molar-refractivity contribution < 1.29 is 22.6 Å². The first-order valence-electron chi connectivity index (χ1n) is 6.61. The van der Waals surface area contributed by atoms with Crippen LogP contribution in [0.3, 0.4) is 0 Å². The monoisotopic (exact) mass is 331 g/mol. The summed E-state index contributed by atoms with van der Waals surface area (Å²) in [5, 5.41) is 0. The number of thioether (sulfide) groups is 1. The Balaban J connectivity index is 2.04. The highest BCUT2D eigenvalue weighted by Crippen LogP contribution is 2.34. The third-order valence-electron chi connectivity index (χ3n) is 3.15. The zero-order chi connectivity index (χ0) is 16.2. The molecule has 1 aliphatic rings. The Morgan fingerprint density at radius 2 is 2.05 bits per heavy atom. The Hall–Kier alpha value is -1.63. The van der Waals surface area contributed by atoms with Gasteiger partial charge < -0.3 is 9.47 Å². The first kappa shape index (κ1) is 16.7. The zero-order valence-electron chi connectivity index (χ0n) is 12.2. The van der Waals surface area contributed by atoms with Crippen LogP contribution in [0.4, 0.5) is 13.2 Å². The summed E-state index contributed by atoms with van der Waals surface area (Å²) in [4.78, 5) is 4.93. The van der Waals surface area contributed by atoms with E-state index in [0.717, 1.165) is 10.5 Å². The SMILES string of the molecule is COc1cc(SCC2=CC(C(F)(F)F)=CCC2)cnc1OC. The molecule has 1 aliphatic carbocycles. The number of aromatic nitrogens is 1. The van der Waals surface area contributed by atoms with E-state index in [9.17, 15) is 13.2 Å². The topological polar surface area (TPSA) is 31.4 Å². The summed E-state index contributed by atoms with van der Waals surface area (Å²) in [6.07, 6.45) is 0.896. The number of alkyl halides is 3.